The summed E-state index contributed by atoms with van der Waals surface area (Å²) in [6.07, 6.45) is -3.30. The number of aryl methyl sites for hydroxylation is 1. The Hall–Kier alpha value is -1.88. The zero-order valence-corrected chi connectivity index (χ0v) is 17.7. The molecule has 0 saturated carbocycles. The molecule has 7 nitrogen and oxygen atoms in total. The summed E-state index contributed by atoms with van der Waals surface area (Å²) in [5, 5.41) is 0.686. The predicted molar refractivity (Wildman–Crippen MR) is 106 cm³/mol. The third-order valence-electron chi connectivity index (χ3n) is 4.07. The highest BCUT2D eigenvalue weighted by Crippen LogP contribution is 2.25. The number of ether oxygens (including phenoxy) is 1. The van der Waals surface area contributed by atoms with E-state index in [-0.39, 0.29) is 17.9 Å². The molecule has 162 valence electrons. The van der Waals surface area contributed by atoms with E-state index >= 15 is 0 Å². The molecule has 2 rings (SSSR count). The van der Waals surface area contributed by atoms with Gasteiger partial charge in [0.15, 0.2) is 5.65 Å². The zero-order chi connectivity index (χ0) is 21.8. The van der Waals surface area contributed by atoms with Crippen LogP contribution < -0.4 is 11.2 Å². The summed E-state index contributed by atoms with van der Waals surface area (Å²) >= 11 is 1.25. The molecular weight excluding hydrogens is 409 g/mol. The summed E-state index contributed by atoms with van der Waals surface area (Å²) in [6, 6.07) is 0. The normalized spacial score (nSPS) is 12.3. The summed E-state index contributed by atoms with van der Waals surface area (Å²) in [4.78, 5) is 34.3. The standard InChI is InChI=1S/C18H25F3N4O3S/c1-5-7-25-14-12(16(26)24(4)17(25)27)15(23-13(22-14)11(2)3)29-9-6-8-28-10-18(19,20)21/h11H,5-10H2,1-4H3. The molecule has 0 aromatic carbocycles. The van der Waals surface area contributed by atoms with Crippen LogP contribution in [0, 0.1) is 0 Å². The van der Waals surface area contributed by atoms with Gasteiger partial charge in [0, 0.05) is 31.9 Å². The Morgan fingerprint density at radius 1 is 1.21 bits per heavy atom. The first-order chi connectivity index (χ1) is 13.6. The van der Waals surface area contributed by atoms with Gasteiger partial charge in [-0.25, -0.2) is 14.8 Å². The number of hydrogen-bond acceptors (Lipinski definition) is 6. The second kappa shape index (κ2) is 9.75. The van der Waals surface area contributed by atoms with Gasteiger partial charge in [-0.15, -0.1) is 11.8 Å². The molecule has 0 spiro atoms. The molecular formula is C18H25F3N4O3S. The van der Waals surface area contributed by atoms with Gasteiger partial charge in [0.05, 0.1) is 0 Å². The number of halogens is 3. The SMILES string of the molecule is CCCn1c(=O)n(C)c(=O)c2c(SCCCOCC(F)(F)F)nc(C(C)C)nc21. The van der Waals surface area contributed by atoms with Gasteiger partial charge < -0.3 is 4.74 Å². The first kappa shape index (κ1) is 23.4. The number of alkyl halides is 3. The average Bonchev–Trinajstić information content (AvgIpc) is 2.64. The van der Waals surface area contributed by atoms with Crippen LogP contribution in [0.15, 0.2) is 14.6 Å². The highest BCUT2D eigenvalue weighted by molar-refractivity contribution is 7.99. The van der Waals surface area contributed by atoms with Crippen molar-refractivity contribution in [1.82, 2.24) is 19.1 Å². The van der Waals surface area contributed by atoms with E-state index in [9.17, 15) is 22.8 Å². The quantitative estimate of drug-likeness (QED) is 0.343. The van der Waals surface area contributed by atoms with Gasteiger partial charge in [-0.1, -0.05) is 20.8 Å². The number of thioether (sulfide) groups is 1. The lowest BCUT2D eigenvalue weighted by molar-refractivity contribution is -0.173. The summed E-state index contributed by atoms with van der Waals surface area (Å²) in [5.74, 6) is 0.895. The van der Waals surface area contributed by atoms with E-state index in [2.05, 4.69) is 14.7 Å². The van der Waals surface area contributed by atoms with Crippen LogP contribution in [0.1, 0.15) is 45.4 Å². The Morgan fingerprint density at radius 3 is 2.48 bits per heavy atom. The fraction of sp³-hybridized carbons (Fsp3) is 0.667. The second-order valence-corrected chi connectivity index (χ2v) is 7.99. The van der Waals surface area contributed by atoms with Gasteiger partial charge in [0.2, 0.25) is 0 Å². The largest absolute Gasteiger partial charge is 0.411 e. The topological polar surface area (TPSA) is 79.0 Å². The molecule has 0 N–H and O–H groups in total. The van der Waals surface area contributed by atoms with Crippen LogP contribution >= 0.6 is 11.8 Å². The lowest BCUT2D eigenvalue weighted by Gasteiger charge is -2.15. The van der Waals surface area contributed by atoms with E-state index in [0.717, 1.165) is 4.57 Å². The molecule has 0 unspecified atom stereocenters. The van der Waals surface area contributed by atoms with Gasteiger partial charge in [-0.2, -0.15) is 13.2 Å². The van der Waals surface area contributed by atoms with E-state index < -0.39 is 24.0 Å². The van der Waals surface area contributed by atoms with Crippen LogP contribution in [0.3, 0.4) is 0 Å². The summed E-state index contributed by atoms with van der Waals surface area (Å²) in [7, 11) is 1.41. The molecule has 0 amide bonds. The van der Waals surface area contributed by atoms with Crippen LogP contribution in [0.2, 0.25) is 0 Å². The van der Waals surface area contributed by atoms with Crippen molar-refractivity contribution in [2.75, 3.05) is 19.0 Å². The van der Waals surface area contributed by atoms with E-state index in [1.165, 1.54) is 23.4 Å². The maximum absolute atomic E-state index is 12.8. The molecule has 2 heterocycles. The van der Waals surface area contributed by atoms with Crippen LogP contribution in [0.4, 0.5) is 13.2 Å². The zero-order valence-electron chi connectivity index (χ0n) is 16.9. The van der Waals surface area contributed by atoms with Crippen LogP contribution in [-0.4, -0.2) is 44.2 Å². The Labute approximate surface area is 170 Å². The molecule has 2 aromatic rings. The van der Waals surface area contributed by atoms with Crippen molar-refractivity contribution in [3.05, 3.63) is 26.7 Å². The Balaban J connectivity index is 2.38. The number of nitrogens with zero attached hydrogens (tertiary/aromatic N) is 4. The molecule has 29 heavy (non-hydrogen) atoms. The fourth-order valence-electron chi connectivity index (χ4n) is 2.66. The molecule has 0 atom stereocenters. The Kier molecular flexibility index (Phi) is 7.87. The third-order valence-corrected chi connectivity index (χ3v) is 5.13. The van der Waals surface area contributed by atoms with E-state index in [1.807, 2.05) is 20.8 Å². The van der Waals surface area contributed by atoms with Gasteiger partial charge in [-0.05, 0) is 12.8 Å². The number of hydrogen-bond donors (Lipinski definition) is 0. The van der Waals surface area contributed by atoms with Gasteiger partial charge in [-0.3, -0.25) is 13.9 Å². The summed E-state index contributed by atoms with van der Waals surface area (Å²) in [5.41, 5.74) is -0.618. The molecule has 0 aliphatic rings. The van der Waals surface area contributed by atoms with Crippen LogP contribution in [0.25, 0.3) is 11.0 Å². The maximum atomic E-state index is 12.8. The van der Waals surface area contributed by atoms with Crippen molar-refractivity contribution in [1.29, 1.82) is 0 Å². The molecule has 0 aliphatic heterocycles. The van der Waals surface area contributed by atoms with E-state index in [4.69, 9.17) is 0 Å². The molecule has 0 fully saturated rings. The minimum absolute atomic E-state index is 0.0249. The molecule has 0 bridgehead atoms. The minimum atomic E-state index is -4.35. The first-order valence-corrected chi connectivity index (χ1v) is 10.3. The Bertz CT molecular complexity index is 970. The highest BCUT2D eigenvalue weighted by atomic mass is 32.2. The number of rotatable bonds is 9. The fourth-order valence-corrected chi connectivity index (χ4v) is 3.60. The van der Waals surface area contributed by atoms with E-state index in [0.29, 0.717) is 41.6 Å². The smallest absolute Gasteiger partial charge is 0.372 e. The molecule has 0 aliphatic carbocycles. The van der Waals surface area contributed by atoms with Crippen LogP contribution in [-0.2, 0) is 18.3 Å². The van der Waals surface area contributed by atoms with Crippen LogP contribution in [0.5, 0.6) is 0 Å². The summed E-state index contributed by atoms with van der Waals surface area (Å²) < 4.78 is 43.5. The van der Waals surface area contributed by atoms with Crippen molar-refractivity contribution in [3.8, 4) is 0 Å². The second-order valence-electron chi connectivity index (χ2n) is 6.91. The predicted octanol–water partition coefficient (Wildman–Crippen LogP) is 3.08. The number of aromatic nitrogens is 4. The highest BCUT2D eigenvalue weighted by Gasteiger charge is 2.27. The lowest BCUT2D eigenvalue weighted by Crippen LogP contribution is -2.39. The molecule has 11 heteroatoms. The average molecular weight is 434 g/mol. The monoisotopic (exact) mass is 434 g/mol. The van der Waals surface area contributed by atoms with Gasteiger partial charge in [0.1, 0.15) is 22.8 Å². The summed E-state index contributed by atoms with van der Waals surface area (Å²) in [6.45, 7) is 4.81. The minimum Gasteiger partial charge on any atom is -0.372 e. The van der Waals surface area contributed by atoms with E-state index in [1.54, 1.807) is 0 Å². The van der Waals surface area contributed by atoms with Crippen molar-refractivity contribution in [3.63, 3.8) is 0 Å². The molecule has 0 radical (unpaired) electrons. The van der Waals surface area contributed by atoms with Crippen molar-refractivity contribution >= 4 is 22.8 Å². The number of fused-ring (bicyclic) bond motifs is 1. The maximum Gasteiger partial charge on any atom is 0.411 e. The molecule has 2 aromatic heterocycles. The third kappa shape index (κ3) is 5.81. The van der Waals surface area contributed by atoms with Gasteiger partial charge >= 0.3 is 11.9 Å². The van der Waals surface area contributed by atoms with Gasteiger partial charge in [0.25, 0.3) is 5.56 Å². The molecule has 0 saturated heterocycles. The Morgan fingerprint density at radius 2 is 1.90 bits per heavy atom. The lowest BCUT2D eigenvalue weighted by atomic mass is 10.2. The van der Waals surface area contributed by atoms with Crippen molar-refractivity contribution in [2.45, 2.75) is 57.3 Å². The van der Waals surface area contributed by atoms with Crippen molar-refractivity contribution in [2.24, 2.45) is 7.05 Å². The van der Waals surface area contributed by atoms with Crippen molar-refractivity contribution < 1.29 is 17.9 Å². The first-order valence-electron chi connectivity index (χ1n) is 9.35.